The number of anilines is 1. The monoisotopic (exact) mass is 402 g/mol. The zero-order valence-corrected chi connectivity index (χ0v) is 16.2. The summed E-state index contributed by atoms with van der Waals surface area (Å²) in [4.78, 5) is 4.76. The van der Waals surface area contributed by atoms with Crippen LogP contribution in [-0.2, 0) is 6.54 Å². The summed E-state index contributed by atoms with van der Waals surface area (Å²) in [5.74, 6) is 6.60. The molecule has 1 spiro atoms. The molecule has 140 valence electrons. The highest BCUT2D eigenvalue weighted by Crippen LogP contribution is 2.44. The average molecular weight is 403 g/mol. The van der Waals surface area contributed by atoms with E-state index in [-0.39, 0.29) is 0 Å². The number of piperidine rings is 1. The second kappa shape index (κ2) is 7.56. The number of benzene rings is 2. The molecule has 2 aromatic carbocycles. The van der Waals surface area contributed by atoms with Crippen LogP contribution in [0.15, 0.2) is 57.7 Å². The summed E-state index contributed by atoms with van der Waals surface area (Å²) in [5.41, 5.74) is 2.15. The van der Waals surface area contributed by atoms with Gasteiger partial charge in [0.15, 0.2) is 5.84 Å². The van der Waals surface area contributed by atoms with Crippen molar-refractivity contribution in [2.45, 2.75) is 24.9 Å². The van der Waals surface area contributed by atoms with Gasteiger partial charge < -0.3 is 5.32 Å². The summed E-state index contributed by atoms with van der Waals surface area (Å²) in [6.45, 7) is 1.98. The third-order valence-electron chi connectivity index (χ3n) is 4.96. The van der Waals surface area contributed by atoms with Crippen LogP contribution in [0.25, 0.3) is 0 Å². The van der Waals surface area contributed by atoms with Gasteiger partial charge >= 0.3 is 0 Å². The molecule has 0 saturated carbocycles. The van der Waals surface area contributed by atoms with E-state index in [1.807, 2.05) is 41.4 Å². The van der Waals surface area contributed by atoms with Crippen molar-refractivity contribution in [3.8, 4) is 0 Å². The summed E-state index contributed by atoms with van der Waals surface area (Å²) in [5, 5.41) is 15.4. The van der Waals surface area contributed by atoms with E-state index in [2.05, 4.69) is 15.5 Å². The molecule has 2 heterocycles. The van der Waals surface area contributed by atoms with Crippen LogP contribution in [0.1, 0.15) is 18.4 Å². The normalized spacial score (nSPS) is 19.0. The molecular formula is C19H20Cl2N6. The summed E-state index contributed by atoms with van der Waals surface area (Å²) in [6, 6.07) is 13.5. The zero-order chi connectivity index (χ0) is 18.9. The van der Waals surface area contributed by atoms with Gasteiger partial charge in [-0.05, 0) is 30.5 Å². The minimum absolute atomic E-state index is 0.420. The van der Waals surface area contributed by atoms with E-state index in [1.54, 1.807) is 6.07 Å². The highest BCUT2D eigenvalue weighted by Gasteiger charge is 2.42. The number of hydrogen-bond acceptors (Lipinski definition) is 6. The van der Waals surface area contributed by atoms with Crippen molar-refractivity contribution in [1.82, 2.24) is 5.01 Å². The number of nitrogens with zero attached hydrogens (tertiary/aromatic N) is 4. The highest BCUT2D eigenvalue weighted by molar-refractivity contribution is 6.37. The number of azo groups is 1. The Labute approximate surface area is 168 Å². The molecule has 0 atom stereocenters. The van der Waals surface area contributed by atoms with Crippen LogP contribution >= 0.6 is 23.2 Å². The fourth-order valence-corrected chi connectivity index (χ4v) is 3.98. The van der Waals surface area contributed by atoms with Crippen molar-refractivity contribution in [2.24, 2.45) is 21.1 Å². The summed E-state index contributed by atoms with van der Waals surface area (Å²) < 4.78 is 0. The maximum Gasteiger partial charge on any atom is 0.176 e. The number of nitrogens with two attached hydrogens (primary N) is 1. The number of rotatable bonds is 2. The van der Waals surface area contributed by atoms with E-state index >= 15 is 0 Å². The first-order valence-electron chi connectivity index (χ1n) is 8.83. The Kier molecular flexibility index (Phi) is 5.14. The molecule has 3 N–H and O–H groups in total. The van der Waals surface area contributed by atoms with Crippen LogP contribution < -0.4 is 11.2 Å². The van der Waals surface area contributed by atoms with E-state index in [1.165, 1.54) is 0 Å². The molecule has 2 aliphatic heterocycles. The molecule has 0 radical (unpaired) electrons. The molecular weight excluding hydrogens is 383 g/mol. The van der Waals surface area contributed by atoms with Crippen molar-refractivity contribution in [2.75, 3.05) is 18.4 Å². The zero-order valence-electron chi connectivity index (χ0n) is 14.7. The molecule has 8 heteroatoms. The minimum Gasteiger partial charge on any atom is -0.371 e. The lowest BCUT2D eigenvalue weighted by Gasteiger charge is -2.42. The summed E-state index contributed by atoms with van der Waals surface area (Å²) >= 11 is 12.5. The van der Waals surface area contributed by atoms with Gasteiger partial charge in [-0.2, -0.15) is 5.11 Å². The SMILES string of the molecule is NN1CCC2(CC1)Nc1cc(Cl)cc(Cl)c1N=C2N=NCc1ccccc1. The van der Waals surface area contributed by atoms with Crippen LogP contribution in [0.3, 0.4) is 0 Å². The van der Waals surface area contributed by atoms with E-state index in [0.29, 0.717) is 28.1 Å². The van der Waals surface area contributed by atoms with Gasteiger partial charge in [0.1, 0.15) is 11.2 Å². The Morgan fingerprint density at radius 3 is 2.63 bits per heavy atom. The smallest absolute Gasteiger partial charge is 0.176 e. The third kappa shape index (κ3) is 3.84. The van der Waals surface area contributed by atoms with Crippen LogP contribution in [0.5, 0.6) is 0 Å². The van der Waals surface area contributed by atoms with Crippen molar-refractivity contribution in [1.29, 1.82) is 0 Å². The number of fused-ring (bicyclic) bond motifs is 1. The Morgan fingerprint density at radius 2 is 1.89 bits per heavy atom. The van der Waals surface area contributed by atoms with Gasteiger partial charge in [0.25, 0.3) is 0 Å². The maximum absolute atomic E-state index is 6.36. The first-order valence-corrected chi connectivity index (χ1v) is 9.59. The molecule has 2 aliphatic rings. The molecule has 1 saturated heterocycles. The van der Waals surface area contributed by atoms with Gasteiger partial charge in [-0.15, -0.1) is 5.11 Å². The summed E-state index contributed by atoms with van der Waals surface area (Å²) in [6.07, 6.45) is 1.55. The first-order chi connectivity index (χ1) is 13.1. The van der Waals surface area contributed by atoms with Gasteiger partial charge in [-0.3, -0.25) is 5.84 Å². The molecule has 27 heavy (non-hydrogen) atoms. The van der Waals surface area contributed by atoms with E-state index < -0.39 is 5.54 Å². The number of hydrazine groups is 1. The maximum atomic E-state index is 6.36. The lowest BCUT2D eigenvalue weighted by atomic mass is 9.85. The number of halogens is 2. The lowest BCUT2D eigenvalue weighted by Crippen LogP contribution is -2.56. The Morgan fingerprint density at radius 1 is 1.15 bits per heavy atom. The van der Waals surface area contributed by atoms with Gasteiger partial charge in [-0.25, -0.2) is 10.0 Å². The predicted molar refractivity (Wildman–Crippen MR) is 110 cm³/mol. The van der Waals surface area contributed by atoms with E-state index in [0.717, 1.165) is 37.2 Å². The Bertz CT molecular complexity index is 889. The molecule has 0 unspecified atom stereocenters. The second-order valence-corrected chi connectivity index (χ2v) is 7.69. The van der Waals surface area contributed by atoms with E-state index in [4.69, 9.17) is 34.0 Å². The standard InChI is InChI=1S/C19H20Cl2N6/c20-14-10-15(21)17-16(11-14)25-19(6-8-27(22)9-7-19)18(24-17)26-23-12-13-4-2-1-3-5-13/h1-5,10-11,25H,6-9,12,22H2. The van der Waals surface area contributed by atoms with Crippen LogP contribution in [0.4, 0.5) is 11.4 Å². The lowest BCUT2D eigenvalue weighted by molar-refractivity contribution is 0.204. The number of amidine groups is 1. The fraction of sp³-hybridized carbons (Fsp3) is 0.316. The van der Waals surface area contributed by atoms with Crippen molar-refractivity contribution in [3.05, 3.63) is 58.1 Å². The number of nitrogens with one attached hydrogen (secondary N) is 1. The molecule has 1 fully saturated rings. The number of hydrogen-bond donors (Lipinski definition) is 2. The predicted octanol–water partition coefficient (Wildman–Crippen LogP) is 4.81. The van der Waals surface area contributed by atoms with Crippen molar-refractivity contribution >= 4 is 40.4 Å². The Hall–Kier alpha value is -1.99. The van der Waals surface area contributed by atoms with Crippen LogP contribution in [0.2, 0.25) is 10.0 Å². The molecule has 2 aromatic rings. The molecule has 6 nitrogen and oxygen atoms in total. The molecule has 4 rings (SSSR count). The first kappa shape index (κ1) is 18.4. The minimum atomic E-state index is -0.420. The summed E-state index contributed by atoms with van der Waals surface area (Å²) in [7, 11) is 0. The third-order valence-corrected chi connectivity index (χ3v) is 5.47. The van der Waals surface area contributed by atoms with Crippen LogP contribution in [0, 0.1) is 0 Å². The Balaban J connectivity index is 1.68. The molecule has 0 bridgehead atoms. The quantitative estimate of drug-likeness (QED) is 0.558. The van der Waals surface area contributed by atoms with Gasteiger partial charge in [0, 0.05) is 18.1 Å². The average Bonchev–Trinajstić information content (AvgIpc) is 2.66. The molecule has 0 aromatic heterocycles. The van der Waals surface area contributed by atoms with Gasteiger partial charge in [-0.1, -0.05) is 53.5 Å². The van der Waals surface area contributed by atoms with Crippen LogP contribution in [-0.4, -0.2) is 29.5 Å². The molecule has 0 aliphatic carbocycles. The van der Waals surface area contributed by atoms with E-state index in [9.17, 15) is 0 Å². The number of aliphatic imine (C=N–C) groups is 1. The topological polar surface area (TPSA) is 78.4 Å². The van der Waals surface area contributed by atoms with Crippen molar-refractivity contribution < 1.29 is 0 Å². The molecule has 0 amide bonds. The largest absolute Gasteiger partial charge is 0.371 e. The second-order valence-electron chi connectivity index (χ2n) is 6.85. The van der Waals surface area contributed by atoms with Crippen molar-refractivity contribution in [3.63, 3.8) is 0 Å². The fourth-order valence-electron chi connectivity index (χ4n) is 3.44. The van der Waals surface area contributed by atoms with Gasteiger partial charge in [0.05, 0.1) is 17.3 Å². The highest BCUT2D eigenvalue weighted by atomic mass is 35.5. The van der Waals surface area contributed by atoms with Gasteiger partial charge in [0.2, 0.25) is 0 Å².